The number of benzene rings is 1. The molecule has 0 radical (unpaired) electrons. The van der Waals surface area contributed by atoms with Crippen molar-refractivity contribution < 1.29 is 4.39 Å². The summed E-state index contributed by atoms with van der Waals surface area (Å²) in [4.78, 5) is 2.13. The summed E-state index contributed by atoms with van der Waals surface area (Å²) < 4.78 is 15.0. The number of aromatic nitrogens is 2. The fourth-order valence-electron chi connectivity index (χ4n) is 2.13. The number of nitrogens with zero attached hydrogens (tertiary/aromatic N) is 3. The number of halogens is 1. The monoisotopic (exact) mass is 275 g/mol. The van der Waals surface area contributed by atoms with E-state index in [1.54, 1.807) is 0 Å². The highest BCUT2D eigenvalue weighted by Crippen LogP contribution is 2.28. The smallest absolute Gasteiger partial charge is 0.123 e. The molecule has 2 aromatic rings. The van der Waals surface area contributed by atoms with Gasteiger partial charge in [0, 0.05) is 18.3 Å². The SMILES string of the molecule is CC(C)c1nn(CCN(C)C)cc1-c1ccc(F)cc1. The summed E-state index contributed by atoms with van der Waals surface area (Å²) in [6.45, 7) is 6.06. The number of rotatable bonds is 5. The molecular weight excluding hydrogens is 253 g/mol. The Bertz CT molecular complexity index is 556. The molecule has 4 heteroatoms. The van der Waals surface area contributed by atoms with E-state index in [2.05, 4.69) is 30.0 Å². The van der Waals surface area contributed by atoms with Gasteiger partial charge in [-0.05, 0) is 37.7 Å². The van der Waals surface area contributed by atoms with Crippen molar-refractivity contribution in [1.82, 2.24) is 14.7 Å². The van der Waals surface area contributed by atoms with Gasteiger partial charge in [0.05, 0.1) is 12.2 Å². The molecule has 0 saturated heterocycles. The number of likely N-dealkylation sites (N-methyl/N-ethyl adjacent to an activating group) is 1. The number of hydrogen-bond acceptors (Lipinski definition) is 2. The van der Waals surface area contributed by atoms with E-state index >= 15 is 0 Å². The molecule has 0 bridgehead atoms. The average molecular weight is 275 g/mol. The van der Waals surface area contributed by atoms with Crippen molar-refractivity contribution in [3.8, 4) is 11.1 Å². The third-order valence-electron chi connectivity index (χ3n) is 3.27. The zero-order chi connectivity index (χ0) is 14.7. The fraction of sp³-hybridized carbons (Fsp3) is 0.438. The molecule has 1 heterocycles. The van der Waals surface area contributed by atoms with Crippen molar-refractivity contribution >= 4 is 0 Å². The van der Waals surface area contributed by atoms with E-state index in [1.165, 1.54) is 12.1 Å². The van der Waals surface area contributed by atoms with Crippen LogP contribution in [0.5, 0.6) is 0 Å². The van der Waals surface area contributed by atoms with E-state index in [4.69, 9.17) is 0 Å². The van der Waals surface area contributed by atoms with Gasteiger partial charge in [-0.1, -0.05) is 26.0 Å². The third kappa shape index (κ3) is 3.45. The van der Waals surface area contributed by atoms with E-state index in [9.17, 15) is 4.39 Å². The molecule has 108 valence electrons. The molecule has 0 spiro atoms. The zero-order valence-electron chi connectivity index (χ0n) is 12.6. The topological polar surface area (TPSA) is 21.1 Å². The first-order chi connectivity index (χ1) is 9.47. The highest BCUT2D eigenvalue weighted by atomic mass is 19.1. The quantitative estimate of drug-likeness (QED) is 0.834. The predicted octanol–water partition coefficient (Wildman–Crippen LogP) is 3.37. The lowest BCUT2D eigenvalue weighted by Crippen LogP contribution is -2.18. The molecule has 2 rings (SSSR count). The molecular formula is C16H22FN3. The van der Waals surface area contributed by atoms with E-state index in [1.807, 2.05) is 30.9 Å². The van der Waals surface area contributed by atoms with Gasteiger partial charge in [0.15, 0.2) is 0 Å². The second-order valence-electron chi connectivity index (χ2n) is 5.66. The van der Waals surface area contributed by atoms with Gasteiger partial charge < -0.3 is 4.90 Å². The van der Waals surface area contributed by atoms with Crippen LogP contribution in [-0.2, 0) is 6.54 Å². The molecule has 1 aromatic carbocycles. The van der Waals surface area contributed by atoms with Crippen LogP contribution < -0.4 is 0 Å². The third-order valence-corrected chi connectivity index (χ3v) is 3.27. The van der Waals surface area contributed by atoms with Gasteiger partial charge in [0.25, 0.3) is 0 Å². The van der Waals surface area contributed by atoms with E-state index in [-0.39, 0.29) is 5.82 Å². The molecule has 0 aliphatic carbocycles. The van der Waals surface area contributed by atoms with Crippen LogP contribution in [0.3, 0.4) is 0 Å². The van der Waals surface area contributed by atoms with Crippen molar-refractivity contribution in [2.45, 2.75) is 26.3 Å². The minimum absolute atomic E-state index is 0.208. The summed E-state index contributed by atoms with van der Waals surface area (Å²) >= 11 is 0. The summed E-state index contributed by atoms with van der Waals surface area (Å²) in [5.41, 5.74) is 3.18. The van der Waals surface area contributed by atoms with E-state index in [0.29, 0.717) is 5.92 Å². The molecule has 1 aromatic heterocycles. The molecule has 0 N–H and O–H groups in total. The summed E-state index contributed by atoms with van der Waals surface area (Å²) in [5, 5.41) is 4.68. The van der Waals surface area contributed by atoms with Gasteiger partial charge >= 0.3 is 0 Å². The van der Waals surface area contributed by atoms with Crippen molar-refractivity contribution in [1.29, 1.82) is 0 Å². The first-order valence-electron chi connectivity index (χ1n) is 6.95. The summed E-state index contributed by atoms with van der Waals surface area (Å²) in [7, 11) is 4.10. The van der Waals surface area contributed by atoms with Crippen LogP contribution in [-0.4, -0.2) is 35.3 Å². The molecule has 0 atom stereocenters. The normalized spacial score (nSPS) is 11.6. The van der Waals surface area contributed by atoms with Crippen LogP contribution in [0.15, 0.2) is 30.5 Å². The van der Waals surface area contributed by atoms with Crippen LogP contribution >= 0.6 is 0 Å². The number of hydrogen-bond donors (Lipinski definition) is 0. The largest absolute Gasteiger partial charge is 0.308 e. The Morgan fingerprint density at radius 1 is 1.20 bits per heavy atom. The van der Waals surface area contributed by atoms with Crippen LogP contribution in [0.25, 0.3) is 11.1 Å². The van der Waals surface area contributed by atoms with Gasteiger partial charge in [-0.3, -0.25) is 4.68 Å². The summed E-state index contributed by atoms with van der Waals surface area (Å²) in [5.74, 6) is 0.135. The summed E-state index contributed by atoms with van der Waals surface area (Å²) in [6.07, 6.45) is 2.06. The maximum absolute atomic E-state index is 13.0. The maximum Gasteiger partial charge on any atom is 0.123 e. The molecule has 0 aliphatic heterocycles. The Balaban J connectivity index is 2.33. The second kappa shape index (κ2) is 6.18. The van der Waals surface area contributed by atoms with Gasteiger partial charge in [0.1, 0.15) is 5.82 Å². The van der Waals surface area contributed by atoms with Crippen LogP contribution in [0.2, 0.25) is 0 Å². The van der Waals surface area contributed by atoms with Crippen LogP contribution in [0.1, 0.15) is 25.5 Å². The average Bonchev–Trinajstić information content (AvgIpc) is 2.81. The maximum atomic E-state index is 13.0. The van der Waals surface area contributed by atoms with Crippen molar-refractivity contribution in [2.24, 2.45) is 0 Å². The molecule has 0 unspecified atom stereocenters. The Labute approximate surface area is 120 Å². The Morgan fingerprint density at radius 2 is 1.85 bits per heavy atom. The highest BCUT2D eigenvalue weighted by molar-refractivity contribution is 5.65. The van der Waals surface area contributed by atoms with Gasteiger partial charge in [0.2, 0.25) is 0 Å². The molecule has 3 nitrogen and oxygen atoms in total. The molecule has 0 fully saturated rings. The van der Waals surface area contributed by atoms with Crippen molar-refractivity contribution in [3.05, 3.63) is 42.0 Å². The zero-order valence-corrected chi connectivity index (χ0v) is 12.6. The van der Waals surface area contributed by atoms with E-state index in [0.717, 1.165) is 29.9 Å². The highest BCUT2D eigenvalue weighted by Gasteiger charge is 2.14. The molecule has 0 aliphatic rings. The van der Waals surface area contributed by atoms with Crippen LogP contribution in [0, 0.1) is 5.82 Å². The van der Waals surface area contributed by atoms with Crippen molar-refractivity contribution in [2.75, 3.05) is 20.6 Å². The Morgan fingerprint density at radius 3 is 2.40 bits per heavy atom. The molecule has 20 heavy (non-hydrogen) atoms. The lowest BCUT2D eigenvalue weighted by Gasteiger charge is -2.08. The van der Waals surface area contributed by atoms with E-state index < -0.39 is 0 Å². The predicted molar refractivity (Wildman–Crippen MR) is 80.3 cm³/mol. The van der Waals surface area contributed by atoms with Crippen molar-refractivity contribution in [3.63, 3.8) is 0 Å². The van der Waals surface area contributed by atoms with Crippen LogP contribution in [0.4, 0.5) is 4.39 Å². The lowest BCUT2D eigenvalue weighted by atomic mass is 10.0. The molecule has 0 amide bonds. The van der Waals surface area contributed by atoms with Gasteiger partial charge in [-0.25, -0.2) is 4.39 Å². The summed E-state index contributed by atoms with van der Waals surface area (Å²) in [6, 6.07) is 6.62. The molecule has 0 saturated carbocycles. The fourth-order valence-corrected chi connectivity index (χ4v) is 2.13. The Kier molecular flexibility index (Phi) is 4.55. The minimum Gasteiger partial charge on any atom is -0.308 e. The first kappa shape index (κ1) is 14.7. The second-order valence-corrected chi connectivity index (χ2v) is 5.66. The van der Waals surface area contributed by atoms with Gasteiger partial charge in [-0.15, -0.1) is 0 Å². The first-order valence-corrected chi connectivity index (χ1v) is 6.95. The standard InChI is InChI=1S/C16H22FN3/c1-12(2)16-15(13-5-7-14(17)8-6-13)11-20(18-16)10-9-19(3)4/h5-8,11-12H,9-10H2,1-4H3. The van der Waals surface area contributed by atoms with Gasteiger partial charge in [-0.2, -0.15) is 5.10 Å². The Hall–Kier alpha value is -1.68. The minimum atomic E-state index is -0.208. The lowest BCUT2D eigenvalue weighted by molar-refractivity contribution is 0.372.